The number of para-hydroxylation sites is 1. The first-order valence-corrected chi connectivity index (χ1v) is 5.64. The Labute approximate surface area is 102 Å². The summed E-state index contributed by atoms with van der Waals surface area (Å²) in [5.41, 5.74) is -0.0451. The number of fused-ring (bicyclic) bond motifs is 1. The highest BCUT2D eigenvalue weighted by molar-refractivity contribution is 9.10. The van der Waals surface area contributed by atoms with Gasteiger partial charge in [-0.2, -0.15) is 0 Å². The maximum atomic E-state index is 11.6. The van der Waals surface area contributed by atoms with Gasteiger partial charge in [0.1, 0.15) is 6.61 Å². The molecule has 0 aromatic heterocycles. The van der Waals surface area contributed by atoms with Gasteiger partial charge in [0.25, 0.3) is 0 Å². The van der Waals surface area contributed by atoms with Crippen LogP contribution in [0.2, 0.25) is 0 Å². The van der Waals surface area contributed by atoms with Crippen molar-refractivity contribution in [2.75, 3.05) is 19.0 Å². The fraction of sp³-hybridized carbons (Fsp3) is 0.364. The summed E-state index contributed by atoms with van der Waals surface area (Å²) in [5.74, 6) is 0.391. The van der Waals surface area contributed by atoms with Crippen molar-refractivity contribution < 1.29 is 14.3 Å². The van der Waals surface area contributed by atoms with Crippen LogP contribution < -0.4 is 10.1 Å². The van der Waals surface area contributed by atoms with E-state index in [9.17, 15) is 4.79 Å². The summed E-state index contributed by atoms with van der Waals surface area (Å²) in [6.45, 7) is 2.00. The molecule has 4 nitrogen and oxygen atoms in total. The minimum absolute atomic E-state index is 0.245. The van der Waals surface area contributed by atoms with E-state index >= 15 is 0 Å². The predicted molar refractivity (Wildman–Crippen MR) is 63.7 cm³/mol. The van der Waals surface area contributed by atoms with Gasteiger partial charge in [-0.25, -0.2) is 4.79 Å². The minimum atomic E-state index is -0.831. The Bertz CT molecular complexity index is 435. The first-order chi connectivity index (χ1) is 7.57. The van der Waals surface area contributed by atoms with Gasteiger partial charge in [-0.1, -0.05) is 6.07 Å². The number of carbonyl (C=O) groups is 1. The van der Waals surface area contributed by atoms with E-state index in [1.165, 1.54) is 7.11 Å². The highest BCUT2D eigenvalue weighted by Gasteiger charge is 2.39. The normalized spacial score (nSPS) is 22.7. The second-order valence-electron chi connectivity index (χ2n) is 3.85. The molecule has 2 rings (SSSR count). The zero-order chi connectivity index (χ0) is 11.8. The molecule has 0 amide bonds. The molecule has 0 fully saturated rings. The zero-order valence-corrected chi connectivity index (χ0v) is 10.6. The lowest BCUT2D eigenvalue weighted by Crippen LogP contribution is -2.51. The Morgan fingerprint density at radius 3 is 3.06 bits per heavy atom. The van der Waals surface area contributed by atoms with Crippen LogP contribution >= 0.6 is 15.9 Å². The Morgan fingerprint density at radius 1 is 1.62 bits per heavy atom. The van der Waals surface area contributed by atoms with Gasteiger partial charge in [-0.3, -0.25) is 0 Å². The summed E-state index contributed by atoms with van der Waals surface area (Å²) in [6.07, 6.45) is 0. The van der Waals surface area contributed by atoms with Gasteiger partial charge >= 0.3 is 5.97 Å². The maximum Gasteiger partial charge on any atom is 0.334 e. The summed E-state index contributed by atoms with van der Waals surface area (Å²) in [4.78, 5) is 11.6. The van der Waals surface area contributed by atoms with Crippen molar-refractivity contribution in [1.82, 2.24) is 0 Å². The van der Waals surface area contributed by atoms with E-state index < -0.39 is 5.54 Å². The Balaban J connectivity index is 2.34. The third kappa shape index (κ3) is 1.75. The van der Waals surface area contributed by atoms with Crippen LogP contribution in [0.1, 0.15) is 6.92 Å². The lowest BCUT2D eigenvalue weighted by Gasteiger charge is -2.34. The van der Waals surface area contributed by atoms with Crippen LogP contribution in [-0.4, -0.2) is 25.2 Å². The number of esters is 1. The molecule has 86 valence electrons. The lowest BCUT2D eigenvalue weighted by atomic mass is 10.0. The van der Waals surface area contributed by atoms with Gasteiger partial charge in [0.2, 0.25) is 0 Å². The molecule has 1 aliphatic rings. The van der Waals surface area contributed by atoms with E-state index in [-0.39, 0.29) is 12.6 Å². The molecule has 0 spiro atoms. The SMILES string of the molecule is COC(=O)C1(C)COc2c(Br)cccc2N1. The fourth-order valence-corrected chi connectivity index (χ4v) is 2.12. The van der Waals surface area contributed by atoms with Crippen LogP contribution in [0.25, 0.3) is 0 Å². The van der Waals surface area contributed by atoms with Crippen LogP contribution in [0, 0.1) is 0 Å². The highest BCUT2D eigenvalue weighted by atomic mass is 79.9. The molecule has 0 bridgehead atoms. The number of rotatable bonds is 1. The third-order valence-electron chi connectivity index (χ3n) is 2.52. The number of anilines is 1. The maximum absolute atomic E-state index is 11.6. The van der Waals surface area contributed by atoms with Crippen molar-refractivity contribution in [3.05, 3.63) is 22.7 Å². The monoisotopic (exact) mass is 285 g/mol. The molecule has 1 aromatic carbocycles. The minimum Gasteiger partial charge on any atom is -0.487 e. The molecule has 1 aromatic rings. The summed E-state index contributed by atoms with van der Waals surface area (Å²) in [5, 5.41) is 3.14. The van der Waals surface area contributed by atoms with E-state index in [1.54, 1.807) is 6.92 Å². The average Bonchev–Trinajstić information content (AvgIpc) is 2.28. The Morgan fingerprint density at radius 2 is 2.38 bits per heavy atom. The number of halogens is 1. The second kappa shape index (κ2) is 3.97. The van der Waals surface area contributed by atoms with Gasteiger partial charge in [0.15, 0.2) is 11.3 Å². The van der Waals surface area contributed by atoms with Crippen LogP contribution in [0.5, 0.6) is 5.75 Å². The lowest BCUT2D eigenvalue weighted by molar-refractivity contribution is -0.146. The van der Waals surface area contributed by atoms with Crippen molar-refractivity contribution in [1.29, 1.82) is 0 Å². The molecular formula is C11H12BrNO3. The largest absolute Gasteiger partial charge is 0.487 e. The van der Waals surface area contributed by atoms with Gasteiger partial charge in [-0.15, -0.1) is 0 Å². The second-order valence-corrected chi connectivity index (χ2v) is 4.71. The molecule has 1 heterocycles. The molecule has 5 heteroatoms. The number of hydrogen-bond acceptors (Lipinski definition) is 4. The molecule has 1 N–H and O–H groups in total. The van der Waals surface area contributed by atoms with Gasteiger partial charge in [-0.05, 0) is 35.0 Å². The van der Waals surface area contributed by atoms with Gasteiger partial charge < -0.3 is 14.8 Å². The number of ether oxygens (including phenoxy) is 2. The van der Waals surface area contributed by atoms with Crippen molar-refractivity contribution in [3.63, 3.8) is 0 Å². The Hall–Kier alpha value is -1.23. The average molecular weight is 286 g/mol. The molecule has 0 saturated carbocycles. The quantitative estimate of drug-likeness (QED) is 0.804. The van der Waals surface area contributed by atoms with Crippen LogP contribution in [0.3, 0.4) is 0 Å². The first-order valence-electron chi connectivity index (χ1n) is 4.85. The zero-order valence-electron chi connectivity index (χ0n) is 9.04. The summed E-state index contributed by atoms with van der Waals surface area (Å²) >= 11 is 3.39. The fourth-order valence-electron chi connectivity index (χ4n) is 1.64. The highest BCUT2D eigenvalue weighted by Crippen LogP contribution is 2.38. The standard InChI is InChI=1S/C11H12BrNO3/c1-11(10(14)15-2)6-16-9-7(12)4-3-5-8(9)13-11/h3-5,13H,6H2,1-2H3. The molecule has 0 saturated heterocycles. The Kier molecular flexibility index (Phi) is 2.80. The van der Waals surface area contributed by atoms with Crippen molar-refractivity contribution in [2.45, 2.75) is 12.5 Å². The predicted octanol–water partition coefficient (Wildman–Crippen LogP) is 2.19. The summed E-state index contributed by atoms with van der Waals surface area (Å²) in [6, 6.07) is 5.63. The first kappa shape index (κ1) is 11.3. The molecule has 1 unspecified atom stereocenters. The molecular weight excluding hydrogens is 274 g/mol. The van der Waals surface area contributed by atoms with Crippen molar-refractivity contribution >= 4 is 27.6 Å². The number of nitrogens with one attached hydrogen (secondary N) is 1. The summed E-state index contributed by atoms with van der Waals surface area (Å²) in [7, 11) is 1.37. The van der Waals surface area contributed by atoms with E-state index in [0.29, 0.717) is 0 Å². The van der Waals surface area contributed by atoms with Crippen molar-refractivity contribution in [3.8, 4) is 5.75 Å². The number of hydrogen-bond donors (Lipinski definition) is 1. The van der Waals surface area contributed by atoms with E-state index in [4.69, 9.17) is 9.47 Å². The van der Waals surface area contributed by atoms with E-state index in [1.807, 2.05) is 18.2 Å². The molecule has 1 aliphatic heterocycles. The topological polar surface area (TPSA) is 47.6 Å². The molecule has 0 radical (unpaired) electrons. The van der Waals surface area contributed by atoms with Crippen LogP contribution in [0.4, 0.5) is 5.69 Å². The van der Waals surface area contributed by atoms with Gasteiger partial charge in [0, 0.05) is 0 Å². The third-order valence-corrected chi connectivity index (χ3v) is 3.14. The van der Waals surface area contributed by atoms with Crippen LogP contribution in [-0.2, 0) is 9.53 Å². The van der Waals surface area contributed by atoms with Gasteiger partial charge in [0.05, 0.1) is 17.3 Å². The van der Waals surface area contributed by atoms with E-state index in [0.717, 1.165) is 15.9 Å². The number of benzene rings is 1. The summed E-state index contributed by atoms with van der Waals surface area (Å²) < 4.78 is 11.2. The van der Waals surface area contributed by atoms with Crippen molar-refractivity contribution in [2.24, 2.45) is 0 Å². The molecule has 16 heavy (non-hydrogen) atoms. The molecule has 1 atom stereocenters. The number of carbonyl (C=O) groups excluding carboxylic acids is 1. The number of methoxy groups -OCH3 is 1. The smallest absolute Gasteiger partial charge is 0.334 e. The van der Waals surface area contributed by atoms with E-state index in [2.05, 4.69) is 21.2 Å². The van der Waals surface area contributed by atoms with Crippen LogP contribution in [0.15, 0.2) is 22.7 Å². The molecule has 0 aliphatic carbocycles.